The van der Waals surface area contributed by atoms with Crippen LogP contribution in [0, 0.1) is 19.7 Å². The van der Waals surface area contributed by atoms with Crippen LogP contribution in [0.25, 0.3) is 11.3 Å². The number of oxazole rings is 1. The first-order valence-corrected chi connectivity index (χ1v) is 4.96. The molecule has 0 unspecified atom stereocenters. The van der Waals surface area contributed by atoms with Crippen molar-refractivity contribution in [1.82, 2.24) is 4.98 Å². The number of rotatable bonds is 2. The van der Waals surface area contributed by atoms with Crippen molar-refractivity contribution in [2.45, 2.75) is 13.8 Å². The average Bonchev–Trinajstić information content (AvgIpc) is 2.64. The Balaban J connectivity index is 2.59. The molecule has 2 rings (SSSR count). The predicted molar refractivity (Wildman–Crippen MR) is 58.3 cm³/mol. The van der Waals surface area contributed by atoms with Gasteiger partial charge in [-0.2, -0.15) is 0 Å². The Hall–Kier alpha value is -2.17. The molecule has 88 valence electrons. The Morgan fingerprint density at radius 3 is 2.71 bits per heavy atom. The monoisotopic (exact) mass is 235 g/mol. The van der Waals surface area contributed by atoms with Crippen molar-refractivity contribution in [1.29, 1.82) is 0 Å². The van der Waals surface area contributed by atoms with Gasteiger partial charge in [0.15, 0.2) is 5.89 Å². The number of nitrogens with zero attached hydrogens (tertiary/aromatic N) is 1. The maximum Gasteiger partial charge on any atom is 0.374 e. The molecule has 0 saturated carbocycles. The topological polar surface area (TPSA) is 63.3 Å². The zero-order valence-corrected chi connectivity index (χ0v) is 9.32. The Morgan fingerprint density at radius 1 is 1.41 bits per heavy atom. The van der Waals surface area contributed by atoms with Crippen LogP contribution in [0.5, 0.6) is 0 Å². The highest BCUT2D eigenvalue weighted by Crippen LogP contribution is 2.25. The van der Waals surface area contributed by atoms with Crippen molar-refractivity contribution in [3.63, 3.8) is 0 Å². The molecule has 0 atom stereocenters. The van der Waals surface area contributed by atoms with Gasteiger partial charge in [0.25, 0.3) is 0 Å². The van der Waals surface area contributed by atoms with Crippen molar-refractivity contribution >= 4 is 5.97 Å². The summed E-state index contributed by atoms with van der Waals surface area (Å²) >= 11 is 0. The lowest BCUT2D eigenvalue weighted by Crippen LogP contribution is -1.97. The molecule has 0 bridgehead atoms. The number of halogens is 1. The molecule has 0 radical (unpaired) electrons. The first kappa shape index (κ1) is 11.3. The van der Waals surface area contributed by atoms with E-state index in [0.717, 1.165) is 0 Å². The number of aryl methyl sites for hydroxylation is 2. The molecule has 0 spiro atoms. The third-order valence-electron chi connectivity index (χ3n) is 2.36. The molecule has 1 N–H and O–H groups in total. The number of carbonyl (C=O) groups is 1. The fourth-order valence-corrected chi connectivity index (χ4v) is 1.56. The SMILES string of the molecule is Cc1nc(-c2ccc(F)c(C)c2)c(C(=O)O)o1. The van der Waals surface area contributed by atoms with Crippen molar-refractivity contribution < 1.29 is 18.7 Å². The van der Waals surface area contributed by atoms with Crippen LogP contribution >= 0.6 is 0 Å². The van der Waals surface area contributed by atoms with Crippen LogP contribution in [0.3, 0.4) is 0 Å². The van der Waals surface area contributed by atoms with E-state index in [1.165, 1.54) is 12.1 Å². The summed E-state index contributed by atoms with van der Waals surface area (Å²) < 4.78 is 18.1. The van der Waals surface area contributed by atoms with Crippen LogP contribution in [0.15, 0.2) is 22.6 Å². The average molecular weight is 235 g/mol. The molecular weight excluding hydrogens is 225 g/mol. The first-order chi connectivity index (χ1) is 7.99. The van der Waals surface area contributed by atoms with E-state index in [1.54, 1.807) is 19.9 Å². The Bertz CT molecular complexity index is 589. The van der Waals surface area contributed by atoms with Gasteiger partial charge in [-0.25, -0.2) is 14.2 Å². The predicted octanol–water partition coefficient (Wildman–Crippen LogP) is 2.80. The summed E-state index contributed by atoms with van der Waals surface area (Å²) in [6.45, 7) is 3.17. The molecule has 0 aliphatic carbocycles. The summed E-state index contributed by atoms with van der Waals surface area (Å²) in [6.07, 6.45) is 0. The molecule has 0 aliphatic heterocycles. The molecule has 5 heteroatoms. The van der Waals surface area contributed by atoms with Gasteiger partial charge in [0, 0.05) is 12.5 Å². The molecule has 0 fully saturated rings. The van der Waals surface area contributed by atoms with Crippen molar-refractivity contribution in [3.05, 3.63) is 41.2 Å². The molecule has 2 aromatic rings. The minimum atomic E-state index is -1.19. The second kappa shape index (κ2) is 4.01. The number of hydrogen-bond acceptors (Lipinski definition) is 3. The summed E-state index contributed by atoms with van der Waals surface area (Å²) in [6, 6.07) is 4.30. The minimum Gasteiger partial charge on any atom is -0.475 e. The summed E-state index contributed by atoms with van der Waals surface area (Å²) in [7, 11) is 0. The highest BCUT2D eigenvalue weighted by Gasteiger charge is 2.19. The van der Waals surface area contributed by atoms with Crippen LogP contribution < -0.4 is 0 Å². The second-order valence-electron chi connectivity index (χ2n) is 3.68. The van der Waals surface area contributed by atoms with Gasteiger partial charge in [0.1, 0.15) is 11.5 Å². The maximum atomic E-state index is 13.1. The van der Waals surface area contributed by atoms with Crippen LogP contribution in [0.1, 0.15) is 22.0 Å². The summed E-state index contributed by atoms with van der Waals surface area (Å²) in [5.74, 6) is -1.50. The highest BCUT2D eigenvalue weighted by molar-refractivity contribution is 5.91. The fourth-order valence-electron chi connectivity index (χ4n) is 1.56. The second-order valence-corrected chi connectivity index (χ2v) is 3.68. The third kappa shape index (κ3) is 2.04. The smallest absolute Gasteiger partial charge is 0.374 e. The number of aromatic nitrogens is 1. The number of carboxylic acid groups (broad SMARTS) is 1. The van der Waals surface area contributed by atoms with E-state index in [4.69, 9.17) is 9.52 Å². The lowest BCUT2D eigenvalue weighted by atomic mass is 10.1. The van der Waals surface area contributed by atoms with Crippen LogP contribution in [-0.2, 0) is 0 Å². The maximum absolute atomic E-state index is 13.1. The number of carboxylic acids is 1. The standard InChI is InChI=1S/C12H10FNO3/c1-6-5-8(3-4-9(6)13)10-11(12(15)16)17-7(2)14-10/h3-5H,1-2H3,(H,15,16). The Morgan fingerprint density at radius 2 is 2.12 bits per heavy atom. The zero-order valence-electron chi connectivity index (χ0n) is 9.32. The molecule has 1 aromatic heterocycles. The molecule has 0 saturated heterocycles. The molecule has 1 heterocycles. The van der Waals surface area contributed by atoms with Gasteiger partial charge < -0.3 is 9.52 Å². The van der Waals surface area contributed by atoms with E-state index in [1.807, 2.05) is 0 Å². The van der Waals surface area contributed by atoms with Crippen LogP contribution in [-0.4, -0.2) is 16.1 Å². The summed E-state index contributed by atoms with van der Waals surface area (Å²) in [4.78, 5) is 15.0. The van der Waals surface area contributed by atoms with Crippen molar-refractivity contribution in [2.24, 2.45) is 0 Å². The number of hydrogen-bond donors (Lipinski definition) is 1. The third-order valence-corrected chi connectivity index (χ3v) is 2.36. The molecule has 4 nitrogen and oxygen atoms in total. The lowest BCUT2D eigenvalue weighted by Gasteiger charge is -2.00. The molecule has 0 amide bonds. The van der Waals surface area contributed by atoms with Gasteiger partial charge in [-0.05, 0) is 30.7 Å². The zero-order chi connectivity index (χ0) is 12.6. The molecular formula is C12H10FNO3. The number of aromatic carboxylic acids is 1. The molecule has 17 heavy (non-hydrogen) atoms. The van der Waals surface area contributed by atoms with Gasteiger partial charge in [-0.3, -0.25) is 0 Å². The van der Waals surface area contributed by atoms with Gasteiger partial charge in [-0.15, -0.1) is 0 Å². The van der Waals surface area contributed by atoms with E-state index in [2.05, 4.69) is 4.98 Å². The summed E-state index contributed by atoms with van der Waals surface area (Å²) in [5.41, 5.74) is 1.18. The normalized spacial score (nSPS) is 10.5. The van der Waals surface area contributed by atoms with Crippen molar-refractivity contribution in [3.8, 4) is 11.3 Å². The van der Waals surface area contributed by atoms with Gasteiger partial charge in [-0.1, -0.05) is 0 Å². The van der Waals surface area contributed by atoms with E-state index in [9.17, 15) is 9.18 Å². The van der Waals surface area contributed by atoms with Gasteiger partial charge >= 0.3 is 5.97 Å². The first-order valence-electron chi connectivity index (χ1n) is 4.96. The van der Waals surface area contributed by atoms with E-state index in [-0.39, 0.29) is 23.2 Å². The van der Waals surface area contributed by atoms with Crippen molar-refractivity contribution in [2.75, 3.05) is 0 Å². The highest BCUT2D eigenvalue weighted by atomic mass is 19.1. The van der Waals surface area contributed by atoms with Crippen LogP contribution in [0.4, 0.5) is 4.39 Å². The van der Waals surface area contributed by atoms with E-state index < -0.39 is 5.97 Å². The number of benzene rings is 1. The Labute approximate surface area is 96.7 Å². The summed E-state index contributed by atoms with van der Waals surface area (Å²) in [5, 5.41) is 8.96. The Kier molecular flexibility index (Phi) is 2.67. The fraction of sp³-hybridized carbons (Fsp3) is 0.167. The molecule has 0 aliphatic rings. The minimum absolute atomic E-state index is 0.220. The lowest BCUT2D eigenvalue weighted by molar-refractivity contribution is 0.0662. The molecule has 1 aromatic carbocycles. The van der Waals surface area contributed by atoms with E-state index in [0.29, 0.717) is 11.1 Å². The van der Waals surface area contributed by atoms with Crippen LogP contribution in [0.2, 0.25) is 0 Å². The van der Waals surface area contributed by atoms with Gasteiger partial charge in [0.05, 0.1) is 0 Å². The van der Waals surface area contributed by atoms with Gasteiger partial charge in [0.2, 0.25) is 5.76 Å². The van der Waals surface area contributed by atoms with E-state index >= 15 is 0 Å². The quantitative estimate of drug-likeness (QED) is 0.869. The largest absolute Gasteiger partial charge is 0.475 e.